The molecule has 2 aliphatic rings. The zero-order valence-electron chi connectivity index (χ0n) is 15.4. The number of pyridine rings is 1. The lowest BCUT2D eigenvalue weighted by Gasteiger charge is -2.29. The summed E-state index contributed by atoms with van der Waals surface area (Å²) in [6.45, 7) is 5.46. The van der Waals surface area contributed by atoms with Crippen LogP contribution in [0.15, 0.2) is 65.6 Å². The second-order valence-electron chi connectivity index (χ2n) is 7.00. The third kappa shape index (κ3) is 2.76. The molecule has 1 aromatic heterocycles. The number of aromatic nitrogens is 1. The van der Waals surface area contributed by atoms with Crippen LogP contribution in [0.3, 0.4) is 0 Å². The lowest BCUT2D eigenvalue weighted by atomic mass is 9.80. The first-order valence-corrected chi connectivity index (χ1v) is 8.96. The van der Waals surface area contributed by atoms with Crippen molar-refractivity contribution >= 4 is 17.4 Å². The van der Waals surface area contributed by atoms with Crippen LogP contribution in [-0.2, 0) is 9.53 Å². The van der Waals surface area contributed by atoms with E-state index in [0.29, 0.717) is 22.4 Å². The van der Waals surface area contributed by atoms with Gasteiger partial charge in [0.05, 0.1) is 23.3 Å². The number of ether oxygens (including phenoxy) is 1. The van der Waals surface area contributed by atoms with Gasteiger partial charge in [0.25, 0.3) is 0 Å². The number of esters is 1. The number of hydrogen-bond donors (Lipinski definition) is 1. The van der Waals surface area contributed by atoms with Gasteiger partial charge >= 0.3 is 5.97 Å². The Labute approximate surface area is 157 Å². The van der Waals surface area contributed by atoms with Crippen molar-refractivity contribution in [2.45, 2.75) is 32.8 Å². The Balaban J connectivity index is 1.90. The van der Waals surface area contributed by atoms with E-state index >= 15 is 0 Å². The van der Waals surface area contributed by atoms with Crippen LogP contribution in [0, 0.1) is 0 Å². The number of rotatable bonds is 3. The van der Waals surface area contributed by atoms with Crippen LogP contribution in [0.1, 0.15) is 48.2 Å². The molecule has 1 aliphatic heterocycles. The summed E-state index contributed by atoms with van der Waals surface area (Å²) < 4.78 is 5.48. The van der Waals surface area contributed by atoms with Crippen LogP contribution < -0.4 is 5.32 Å². The number of hydrogen-bond acceptors (Lipinski definition) is 5. The highest BCUT2D eigenvalue weighted by Crippen LogP contribution is 2.46. The van der Waals surface area contributed by atoms with Crippen LogP contribution in [0.25, 0.3) is 5.70 Å². The average molecular weight is 360 g/mol. The highest BCUT2D eigenvalue weighted by molar-refractivity contribution is 6.23. The van der Waals surface area contributed by atoms with E-state index in [1.54, 1.807) is 12.4 Å². The van der Waals surface area contributed by atoms with Gasteiger partial charge in [0.15, 0.2) is 5.78 Å². The molecule has 27 heavy (non-hydrogen) atoms. The predicted octanol–water partition coefficient (Wildman–Crippen LogP) is 3.60. The SMILES string of the molecule is CC1=C(C(=O)OC(C)C)[C@H](c2cccnc2)C2=C(N1)c1ccccc1C2=O. The number of fused-ring (bicyclic) bond motifs is 2. The summed E-state index contributed by atoms with van der Waals surface area (Å²) in [5.74, 6) is -0.996. The molecule has 0 radical (unpaired) electrons. The summed E-state index contributed by atoms with van der Waals surface area (Å²) in [7, 11) is 0. The van der Waals surface area contributed by atoms with Crippen LogP contribution in [0.5, 0.6) is 0 Å². The molecule has 0 saturated heterocycles. The van der Waals surface area contributed by atoms with Crippen molar-refractivity contribution in [3.8, 4) is 0 Å². The van der Waals surface area contributed by atoms with Gasteiger partial charge in [-0.1, -0.05) is 30.3 Å². The van der Waals surface area contributed by atoms with Crippen LogP contribution in [0.2, 0.25) is 0 Å². The molecule has 0 bridgehead atoms. The van der Waals surface area contributed by atoms with Crippen molar-refractivity contribution in [2.75, 3.05) is 0 Å². The van der Waals surface area contributed by atoms with Crippen molar-refractivity contribution in [2.24, 2.45) is 0 Å². The van der Waals surface area contributed by atoms with E-state index in [1.165, 1.54) is 0 Å². The maximum Gasteiger partial charge on any atom is 0.337 e. The number of nitrogens with one attached hydrogen (secondary N) is 1. The van der Waals surface area contributed by atoms with E-state index in [0.717, 1.165) is 16.8 Å². The first-order chi connectivity index (χ1) is 13.0. The Bertz CT molecular complexity index is 1000. The van der Waals surface area contributed by atoms with Crippen molar-refractivity contribution in [3.63, 3.8) is 0 Å². The van der Waals surface area contributed by atoms with E-state index < -0.39 is 11.9 Å². The largest absolute Gasteiger partial charge is 0.460 e. The molecular formula is C22H20N2O3. The number of Topliss-reactive ketones (excluding diaryl/α,β-unsaturated/α-hetero) is 1. The Morgan fingerprint density at radius 3 is 2.56 bits per heavy atom. The fourth-order valence-electron chi connectivity index (χ4n) is 3.76. The normalized spacial score (nSPS) is 18.4. The lowest BCUT2D eigenvalue weighted by Crippen LogP contribution is -2.30. The Morgan fingerprint density at radius 1 is 1.15 bits per heavy atom. The summed E-state index contributed by atoms with van der Waals surface area (Å²) in [5, 5.41) is 3.29. The molecule has 5 heteroatoms. The monoisotopic (exact) mass is 360 g/mol. The third-order valence-electron chi connectivity index (χ3n) is 4.83. The predicted molar refractivity (Wildman–Crippen MR) is 102 cm³/mol. The minimum Gasteiger partial charge on any atom is -0.460 e. The van der Waals surface area contributed by atoms with Crippen LogP contribution in [-0.4, -0.2) is 22.8 Å². The number of allylic oxidation sites excluding steroid dienone is 2. The smallest absolute Gasteiger partial charge is 0.337 e. The summed E-state index contributed by atoms with van der Waals surface area (Å²) in [5.41, 5.74) is 4.79. The number of carbonyl (C=O) groups excluding carboxylic acids is 2. The maximum absolute atomic E-state index is 13.2. The topological polar surface area (TPSA) is 68.3 Å². The highest BCUT2D eigenvalue weighted by atomic mass is 16.5. The molecule has 136 valence electrons. The van der Waals surface area contributed by atoms with Gasteiger partial charge in [0.2, 0.25) is 0 Å². The van der Waals surface area contributed by atoms with Gasteiger partial charge in [-0.15, -0.1) is 0 Å². The zero-order chi connectivity index (χ0) is 19.1. The molecule has 4 rings (SSSR count). The summed E-state index contributed by atoms with van der Waals surface area (Å²) >= 11 is 0. The molecule has 0 unspecified atom stereocenters. The van der Waals surface area contributed by atoms with Crippen molar-refractivity contribution in [1.82, 2.24) is 10.3 Å². The van der Waals surface area contributed by atoms with E-state index in [1.807, 2.05) is 57.2 Å². The number of ketones is 1. The second-order valence-corrected chi connectivity index (χ2v) is 7.00. The Kier molecular flexibility index (Phi) is 4.15. The minimum absolute atomic E-state index is 0.0655. The first kappa shape index (κ1) is 17.2. The standard InChI is InChI=1S/C22H20N2O3/c1-12(2)27-22(26)17-13(3)24-20-15-8-4-5-9-16(15)21(25)19(20)18(17)14-7-6-10-23-11-14/h4-12,18,24H,1-3H3/t18-/m0/s1. The van der Waals surface area contributed by atoms with Crippen molar-refractivity contribution < 1.29 is 14.3 Å². The second kappa shape index (κ2) is 6.50. The van der Waals surface area contributed by atoms with Crippen molar-refractivity contribution in [3.05, 3.63) is 82.3 Å². The summed E-state index contributed by atoms with van der Waals surface area (Å²) in [6.07, 6.45) is 3.12. The molecule has 1 aliphatic carbocycles. The summed E-state index contributed by atoms with van der Waals surface area (Å²) in [6, 6.07) is 11.2. The maximum atomic E-state index is 13.2. The van der Waals surface area contributed by atoms with Crippen molar-refractivity contribution in [1.29, 1.82) is 0 Å². The van der Waals surface area contributed by atoms with E-state index in [4.69, 9.17) is 4.74 Å². The molecule has 1 atom stereocenters. The van der Waals surface area contributed by atoms with Gasteiger partial charge in [-0.3, -0.25) is 9.78 Å². The quantitative estimate of drug-likeness (QED) is 0.847. The fourth-order valence-corrected chi connectivity index (χ4v) is 3.76. The van der Waals surface area contributed by atoms with Gasteiger partial charge in [-0.05, 0) is 32.4 Å². The molecule has 0 spiro atoms. The van der Waals surface area contributed by atoms with E-state index in [9.17, 15) is 9.59 Å². The molecule has 1 N–H and O–H groups in total. The van der Waals surface area contributed by atoms with Gasteiger partial charge in [-0.25, -0.2) is 4.79 Å². The number of dihydropyridines is 1. The molecule has 0 amide bonds. The zero-order valence-corrected chi connectivity index (χ0v) is 15.4. The first-order valence-electron chi connectivity index (χ1n) is 8.96. The Hall–Kier alpha value is -3.21. The summed E-state index contributed by atoms with van der Waals surface area (Å²) in [4.78, 5) is 30.3. The van der Waals surface area contributed by atoms with Gasteiger partial charge in [0, 0.05) is 34.8 Å². The molecular weight excluding hydrogens is 340 g/mol. The van der Waals surface area contributed by atoms with E-state index in [-0.39, 0.29) is 11.9 Å². The number of nitrogens with zero attached hydrogens (tertiary/aromatic N) is 1. The molecule has 1 aromatic carbocycles. The lowest BCUT2D eigenvalue weighted by molar-refractivity contribution is -0.143. The Morgan fingerprint density at radius 2 is 1.89 bits per heavy atom. The third-order valence-corrected chi connectivity index (χ3v) is 4.83. The number of carbonyl (C=O) groups is 2. The highest BCUT2D eigenvalue weighted by Gasteiger charge is 2.43. The van der Waals surface area contributed by atoms with Gasteiger partial charge in [-0.2, -0.15) is 0 Å². The molecule has 5 nitrogen and oxygen atoms in total. The minimum atomic E-state index is -0.513. The number of benzene rings is 1. The van der Waals surface area contributed by atoms with E-state index in [2.05, 4.69) is 10.3 Å². The molecule has 0 saturated carbocycles. The van der Waals surface area contributed by atoms with Crippen LogP contribution >= 0.6 is 0 Å². The molecule has 2 heterocycles. The van der Waals surface area contributed by atoms with Gasteiger partial charge in [0.1, 0.15) is 0 Å². The van der Waals surface area contributed by atoms with Gasteiger partial charge < -0.3 is 10.1 Å². The average Bonchev–Trinajstić information content (AvgIpc) is 2.93. The fraction of sp³-hybridized carbons (Fsp3) is 0.227. The van der Waals surface area contributed by atoms with Crippen LogP contribution in [0.4, 0.5) is 0 Å². The molecule has 2 aromatic rings. The molecule has 0 fully saturated rings.